The highest BCUT2D eigenvalue weighted by molar-refractivity contribution is 6.04. The van der Waals surface area contributed by atoms with E-state index in [2.05, 4.69) is 20.5 Å². The summed E-state index contributed by atoms with van der Waals surface area (Å²) in [6, 6.07) is 10.4. The predicted octanol–water partition coefficient (Wildman–Crippen LogP) is 2.02. The van der Waals surface area contributed by atoms with Crippen molar-refractivity contribution in [3.63, 3.8) is 0 Å². The fourth-order valence-electron chi connectivity index (χ4n) is 1.97. The Bertz CT molecular complexity index is 821. The summed E-state index contributed by atoms with van der Waals surface area (Å²) in [5.41, 5.74) is 2.10. The van der Waals surface area contributed by atoms with Crippen LogP contribution in [0.3, 0.4) is 0 Å². The first-order valence-electron chi connectivity index (χ1n) is 6.32. The molecule has 0 spiro atoms. The lowest BCUT2D eigenvalue weighted by atomic mass is 10.1. The molecule has 0 radical (unpaired) electrons. The second-order valence-corrected chi connectivity index (χ2v) is 4.43. The zero-order valence-electron chi connectivity index (χ0n) is 11.0. The number of pyridine rings is 1. The second-order valence-electron chi connectivity index (χ2n) is 4.43. The maximum absolute atomic E-state index is 12.1. The normalized spacial score (nSPS) is 10.3. The standard InChI is InChI=1S/C15H12N4O2/c20-14-5-6-16-9-12(14)15(21)18-11-3-1-2-10(8-11)13-4-7-17-19-13/h1-9H,(H,16,20)(H,17,19)(H,18,21). The topological polar surface area (TPSA) is 90.6 Å². The van der Waals surface area contributed by atoms with Crippen LogP contribution in [0.5, 0.6) is 0 Å². The van der Waals surface area contributed by atoms with Crippen LogP contribution in [0.15, 0.2) is 59.8 Å². The molecule has 21 heavy (non-hydrogen) atoms. The van der Waals surface area contributed by atoms with Crippen molar-refractivity contribution in [3.8, 4) is 11.3 Å². The van der Waals surface area contributed by atoms with Gasteiger partial charge in [-0.05, 0) is 18.2 Å². The van der Waals surface area contributed by atoms with Crippen molar-refractivity contribution in [2.45, 2.75) is 0 Å². The molecule has 0 saturated heterocycles. The number of nitrogens with zero attached hydrogens (tertiary/aromatic N) is 1. The van der Waals surface area contributed by atoms with E-state index in [1.807, 2.05) is 24.3 Å². The number of H-pyrrole nitrogens is 2. The maximum atomic E-state index is 12.1. The number of carbonyl (C=O) groups excluding carboxylic acids is 1. The van der Waals surface area contributed by atoms with E-state index in [9.17, 15) is 9.59 Å². The molecule has 6 heteroatoms. The van der Waals surface area contributed by atoms with Gasteiger partial charge in [0.1, 0.15) is 5.56 Å². The molecule has 1 aromatic carbocycles. The summed E-state index contributed by atoms with van der Waals surface area (Å²) in [5.74, 6) is -0.446. The second kappa shape index (κ2) is 5.46. The highest BCUT2D eigenvalue weighted by Crippen LogP contribution is 2.20. The molecule has 3 N–H and O–H groups in total. The Morgan fingerprint density at radius 3 is 2.86 bits per heavy atom. The summed E-state index contributed by atoms with van der Waals surface area (Å²) in [6.07, 6.45) is 4.53. The van der Waals surface area contributed by atoms with Gasteiger partial charge in [-0.25, -0.2) is 0 Å². The molecule has 3 rings (SSSR count). The monoisotopic (exact) mass is 280 g/mol. The molecule has 0 aliphatic rings. The van der Waals surface area contributed by atoms with E-state index in [1.165, 1.54) is 18.5 Å². The number of aromatic amines is 2. The van der Waals surface area contributed by atoms with Crippen LogP contribution in [0.2, 0.25) is 0 Å². The molecule has 0 bridgehead atoms. The van der Waals surface area contributed by atoms with Gasteiger partial charge in [-0.15, -0.1) is 0 Å². The fourth-order valence-corrected chi connectivity index (χ4v) is 1.97. The van der Waals surface area contributed by atoms with Gasteiger partial charge in [0.2, 0.25) is 0 Å². The molecule has 0 fully saturated rings. The Labute approximate surface area is 119 Å². The van der Waals surface area contributed by atoms with Gasteiger partial charge >= 0.3 is 0 Å². The molecular formula is C15H12N4O2. The van der Waals surface area contributed by atoms with E-state index in [0.29, 0.717) is 5.69 Å². The first-order valence-corrected chi connectivity index (χ1v) is 6.32. The zero-order chi connectivity index (χ0) is 14.7. The number of rotatable bonds is 3. The Kier molecular flexibility index (Phi) is 3.34. The average molecular weight is 280 g/mol. The van der Waals surface area contributed by atoms with Crippen molar-refractivity contribution in [1.82, 2.24) is 15.2 Å². The Morgan fingerprint density at radius 2 is 2.10 bits per heavy atom. The third-order valence-corrected chi connectivity index (χ3v) is 3.00. The Balaban J connectivity index is 1.86. The minimum atomic E-state index is -0.446. The first-order chi connectivity index (χ1) is 10.2. The lowest BCUT2D eigenvalue weighted by Gasteiger charge is -2.06. The smallest absolute Gasteiger partial charge is 0.261 e. The fraction of sp³-hybridized carbons (Fsp3) is 0. The quantitative estimate of drug-likeness (QED) is 0.685. The number of nitrogens with one attached hydrogen (secondary N) is 3. The number of carbonyl (C=O) groups is 1. The summed E-state index contributed by atoms with van der Waals surface area (Å²) in [4.78, 5) is 26.4. The van der Waals surface area contributed by atoms with E-state index >= 15 is 0 Å². The SMILES string of the molecule is O=C(Nc1cccc(-c2ccn[nH]2)c1)c1c[nH]ccc1=O. The van der Waals surface area contributed by atoms with Gasteiger partial charge in [-0.1, -0.05) is 12.1 Å². The van der Waals surface area contributed by atoms with Crippen LogP contribution in [0.1, 0.15) is 10.4 Å². The molecular weight excluding hydrogens is 268 g/mol. The molecule has 0 atom stereocenters. The van der Waals surface area contributed by atoms with Gasteiger partial charge in [-0.2, -0.15) is 5.10 Å². The molecule has 0 unspecified atom stereocenters. The average Bonchev–Trinajstić information content (AvgIpc) is 3.02. The predicted molar refractivity (Wildman–Crippen MR) is 79.0 cm³/mol. The third kappa shape index (κ3) is 2.74. The molecule has 2 heterocycles. The van der Waals surface area contributed by atoms with E-state index < -0.39 is 5.91 Å². The van der Waals surface area contributed by atoms with Crippen LogP contribution in [0.25, 0.3) is 11.3 Å². The zero-order valence-corrected chi connectivity index (χ0v) is 11.0. The van der Waals surface area contributed by atoms with Crippen LogP contribution in [0.4, 0.5) is 5.69 Å². The van der Waals surface area contributed by atoms with Gasteiger partial charge in [0, 0.05) is 35.9 Å². The van der Waals surface area contributed by atoms with Crippen molar-refractivity contribution in [3.05, 3.63) is 70.8 Å². The molecule has 104 valence electrons. The van der Waals surface area contributed by atoms with Gasteiger partial charge in [0.05, 0.1) is 5.69 Å². The molecule has 0 aliphatic heterocycles. The molecule has 3 aromatic rings. The number of hydrogen-bond acceptors (Lipinski definition) is 3. The lowest BCUT2D eigenvalue weighted by Crippen LogP contribution is -2.20. The van der Waals surface area contributed by atoms with Crippen LogP contribution < -0.4 is 10.7 Å². The molecule has 0 aliphatic carbocycles. The van der Waals surface area contributed by atoms with E-state index in [0.717, 1.165) is 11.3 Å². The van der Waals surface area contributed by atoms with Gasteiger partial charge in [0.15, 0.2) is 5.43 Å². The number of benzene rings is 1. The van der Waals surface area contributed by atoms with Gasteiger partial charge in [0.25, 0.3) is 5.91 Å². The van der Waals surface area contributed by atoms with Gasteiger partial charge in [-0.3, -0.25) is 14.7 Å². The molecule has 1 amide bonds. The highest BCUT2D eigenvalue weighted by Gasteiger charge is 2.10. The van der Waals surface area contributed by atoms with Crippen LogP contribution in [-0.4, -0.2) is 21.1 Å². The number of hydrogen-bond donors (Lipinski definition) is 3. The lowest BCUT2D eigenvalue weighted by molar-refractivity contribution is 0.102. The summed E-state index contributed by atoms with van der Waals surface area (Å²) >= 11 is 0. The van der Waals surface area contributed by atoms with E-state index in [4.69, 9.17) is 0 Å². The number of amides is 1. The minimum Gasteiger partial charge on any atom is -0.367 e. The highest BCUT2D eigenvalue weighted by atomic mass is 16.2. The Morgan fingerprint density at radius 1 is 1.19 bits per heavy atom. The van der Waals surface area contributed by atoms with Crippen molar-refractivity contribution in [2.24, 2.45) is 0 Å². The van der Waals surface area contributed by atoms with Crippen molar-refractivity contribution >= 4 is 11.6 Å². The largest absolute Gasteiger partial charge is 0.367 e. The van der Waals surface area contributed by atoms with Crippen molar-refractivity contribution < 1.29 is 4.79 Å². The number of aromatic nitrogens is 3. The summed E-state index contributed by atoms with van der Waals surface area (Å²) in [7, 11) is 0. The van der Waals surface area contributed by atoms with Crippen LogP contribution in [0, 0.1) is 0 Å². The van der Waals surface area contributed by atoms with Crippen LogP contribution in [-0.2, 0) is 0 Å². The maximum Gasteiger partial charge on any atom is 0.261 e. The van der Waals surface area contributed by atoms with E-state index in [1.54, 1.807) is 12.3 Å². The molecule has 6 nitrogen and oxygen atoms in total. The minimum absolute atomic E-state index is 0.0736. The van der Waals surface area contributed by atoms with Crippen molar-refractivity contribution in [1.29, 1.82) is 0 Å². The molecule has 0 saturated carbocycles. The van der Waals surface area contributed by atoms with Gasteiger partial charge < -0.3 is 10.3 Å². The first kappa shape index (κ1) is 12.9. The summed E-state index contributed by atoms with van der Waals surface area (Å²) in [5, 5.41) is 9.46. The molecule has 2 aromatic heterocycles. The number of anilines is 1. The summed E-state index contributed by atoms with van der Waals surface area (Å²) < 4.78 is 0. The summed E-state index contributed by atoms with van der Waals surface area (Å²) in [6.45, 7) is 0. The Hall–Kier alpha value is -3.15. The van der Waals surface area contributed by atoms with E-state index in [-0.39, 0.29) is 11.0 Å². The van der Waals surface area contributed by atoms with Crippen molar-refractivity contribution in [2.75, 3.05) is 5.32 Å². The third-order valence-electron chi connectivity index (χ3n) is 3.00. The van der Waals surface area contributed by atoms with Crippen LogP contribution >= 0.6 is 0 Å².